The number of hydrogen-bond donors (Lipinski definition) is 1. The molecule has 3 aromatic carbocycles. The number of benzene rings is 3. The van der Waals surface area contributed by atoms with Crippen LogP contribution in [0.15, 0.2) is 72.8 Å². The largest absolute Gasteiger partial charge is 0.573 e. The summed E-state index contributed by atoms with van der Waals surface area (Å²) in [6.45, 7) is 2.15. The van der Waals surface area contributed by atoms with Crippen molar-refractivity contribution in [1.29, 1.82) is 0 Å². The zero-order chi connectivity index (χ0) is 28.3. The van der Waals surface area contributed by atoms with Gasteiger partial charge in [-0.2, -0.15) is 0 Å². The summed E-state index contributed by atoms with van der Waals surface area (Å²) >= 11 is 0. The fraction of sp³-hybridized carbons (Fsp3) is 0.355. The Hall–Kier alpha value is -3.81. The average Bonchev–Trinajstić information content (AvgIpc) is 2.90. The van der Waals surface area contributed by atoms with Gasteiger partial charge in [0, 0.05) is 18.4 Å². The average molecular weight is 543 g/mol. The Morgan fingerprint density at radius 3 is 1.90 bits per heavy atom. The zero-order valence-corrected chi connectivity index (χ0v) is 21.9. The first-order valence-electron chi connectivity index (χ1n) is 13.1. The summed E-state index contributed by atoms with van der Waals surface area (Å²) in [4.78, 5) is 23.1. The molecule has 0 bridgehead atoms. The summed E-state index contributed by atoms with van der Waals surface area (Å²) in [5.74, 6) is -0.616. The van der Waals surface area contributed by atoms with Gasteiger partial charge in [-0.25, -0.2) is 0 Å². The molecule has 0 aliphatic heterocycles. The highest BCUT2D eigenvalue weighted by molar-refractivity contribution is 5.96. The third-order valence-corrected chi connectivity index (χ3v) is 6.27. The van der Waals surface area contributed by atoms with Gasteiger partial charge in [0.05, 0.1) is 0 Å². The predicted molar refractivity (Wildman–Crippen MR) is 143 cm³/mol. The summed E-state index contributed by atoms with van der Waals surface area (Å²) in [5, 5.41) is 8.77. The molecule has 0 aliphatic carbocycles. The second kappa shape index (κ2) is 14.4. The molecular weight excluding hydrogens is 509 g/mol. The summed E-state index contributed by atoms with van der Waals surface area (Å²) in [7, 11) is 0. The number of carboxylic acid groups (broad SMARTS) is 1. The minimum absolute atomic E-state index is 0.0337. The highest BCUT2D eigenvalue weighted by Gasteiger charge is 2.31. The molecule has 0 radical (unpaired) electrons. The number of carbonyl (C=O) groups is 2. The van der Waals surface area contributed by atoms with Crippen LogP contribution in [-0.4, -0.2) is 23.2 Å². The third kappa shape index (κ3) is 10.1. The number of alkyl halides is 3. The SMILES string of the molecule is CCCCCCC(Oc1ccc(-c2ccc(OC(F)(F)F)cc2)cc1)c1ccc(C(=O)CCCC(=O)O)cc1. The smallest absolute Gasteiger partial charge is 0.486 e. The Bertz CT molecular complexity index is 1190. The van der Waals surface area contributed by atoms with E-state index < -0.39 is 12.3 Å². The molecule has 0 amide bonds. The Labute approximate surface area is 226 Å². The molecule has 1 unspecified atom stereocenters. The Morgan fingerprint density at radius 1 is 0.769 bits per heavy atom. The second-order valence-electron chi connectivity index (χ2n) is 9.34. The first kappa shape index (κ1) is 29.7. The number of unbranched alkanes of at least 4 members (excludes halogenated alkanes) is 3. The second-order valence-corrected chi connectivity index (χ2v) is 9.34. The molecule has 3 rings (SSSR count). The molecule has 0 heterocycles. The number of hydrogen-bond acceptors (Lipinski definition) is 4. The molecule has 0 aromatic heterocycles. The minimum atomic E-state index is -4.73. The van der Waals surface area contributed by atoms with Crippen molar-refractivity contribution in [2.24, 2.45) is 0 Å². The molecular formula is C31H33F3O5. The maximum atomic E-state index is 12.4. The fourth-order valence-corrected chi connectivity index (χ4v) is 4.22. The number of carboxylic acids is 1. The summed E-state index contributed by atoms with van der Waals surface area (Å²) < 4.78 is 47.5. The van der Waals surface area contributed by atoms with E-state index in [0.717, 1.165) is 48.8 Å². The van der Waals surface area contributed by atoms with E-state index >= 15 is 0 Å². The van der Waals surface area contributed by atoms with E-state index in [9.17, 15) is 22.8 Å². The van der Waals surface area contributed by atoms with Crippen molar-refractivity contribution in [3.63, 3.8) is 0 Å². The van der Waals surface area contributed by atoms with Crippen LogP contribution in [-0.2, 0) is 4.79 Å². The predicted octanol–water partition coefficient (Wildman–Crippen LogP) is 8.78. The van der Waals surface area contributed by atoms with Crippen LogP contribution in [0.3, 0.4) is 0 Å². The van der Waals surface area contributed by atoms with Gasteiger partial charge in [-0.05, 0) is 60.2 Å². The van der Waals surface area contributed by atoms with E-state index in [1.54, 1.807) is 24.3 Å². The van der Waals surface area contributed by atoms with Gasteiger partial charge in [-0.3, -0.25) is 9.59 Å². The lowest BCUT2D eigenvalue weighted by Crippen LogP contribution is -2.16. The van der Waals surface area contributed by atoms with Crippen LogP contribution in [0.25, 0.3) is 11.1 Å². The maximum absolute atomic E-state index is 12.4. The molecule has 0 saturated heterocycles. The van der Waals surface area contributed by atoms with Gasteiger partial charge in [0.1, 0.15) is 17.6 Å². The fourth-order valence-electron chi connectivity index (χ4n) is 4.22. The van der Waals surface area contributed by atoms with Crippen molar-refractivity contribution in [2.45, 2.75) is 70.8 Å². The van der Waals surface area contributed by atoms with Crippen molar-refractivity contribution >= 4 is 11.8 Å². The van der Waals surface area contributed by atoms with Gasteiger partial charge in [0.2, 0.25) is 0 Å². The first-order chi connectivity index (χ1) is 18.6. The molecule has 1 N–H and O–H groups in total. The molecule has 1 atom stereocenters. The number of ketones is 1. The van der Waals surface area contributed by atoms with E-state index in [1.165, 1.54) is 12.1 Å². The van der Waals surface area contributed by atoms with Crippen molar-refractivity contribution < 1.29 is 37.3 Å². The number of carbonyl (C=O) groups excluding carboxylic acids is 1. The van der Waals surface area contributed by atoms with Crippen LogP contribution >= 0.6 is 0 Å². The van der Waals surface area contributed by atoms with Gasteiger partial charge in [-0.1, -0.05) is 74.7 Å². The molecule has 0 saturated carbocycles. The topological polar surface area (TPSA) is 72.8 Å². The van der Waals surface area contributed by atoms with Crippen LogP contribution in [0, 0.1) is 0 Å². The number of rotatable bonds is 15. The molecule has 0 fully saturated rings. The van der Waals surface area contributed by atoms with Gasteiger partial charge >= 0.3 is 12.3 Å². The van der Waals surface area contributed by atoms with Gasteiger partial charge in [-0.15, -0.1) is 13.2 Å². The lowest BCUT2D eigenvalue weighted by atomic mass is 9.98. The molecule has 39 heavy (non-hydrogen) atoms. The lowest BCUT2D eigenvalue weighted by Gasteiger charge is -2.20. The normalized spacial score (nSPS) is 12.1. The van der Waals surface area contributed by atoms with Crippen molar-refractivity contribution in [2.75, 3.05) is 0 Å². The summed E-state index contributed by atoms with van der Waals surface area (Å²) in [6.07, 6.45) is 0.638. The molecule has 0 spiro atoms. The molecule has 208 valence electrons. The molecule has 5 nitrogen and oxygen atoms in total. The summed E-state index contributed by atoms with van der Waals surface area (Å²) in [5.41, 5.74) is 3.06. The highest BCUT2D eigenvalue weighted by Crippen LogP contribution is 2.31. The molecule has 3 aromatic rings. The van der Waals surface area contributed by atoms with E-state index in [1.807, 2.05) is 36.4 Å². The van der Waals surface area contributed by atoms with E-state index in [-0.39, 0.29) is 30.5 Å². The highest BCUT2D eigenvalue weighted by atomic mass is 19.4. The van der Waals surface area contributed by atoms with Crippen LogP contribution < -0.4 is 9.47 Å². The van der Waals surface area contributed by atoms with Gasteiger partial charge in [0.15, 0.2) is 5.78 Å². The van der Waals surface area contributed by atoms with E-state index in [2.05, 4.69) is 11.7 Å². The van der Waals surface area contributed by atoms with Crippen LogP contribution in [0.5, 0.6) is 11.5 Å². The number of ether oxygens (including phenoxy) is 2. The monoisotopic (exact) mass is 542 g/mol. The molecule has 0 aliphatic rings. The Kier molecular flexibility index (Phi) is 11.0. The number of halogens is 3. The van der Waals surface area contributed by atoms with Crippen molar-refractivity contribution in [1.82, 2.24) is 0 Å². The summed E-state index contributed by atoms with van der Waals surface area (Å²) in [6, 6.07) is 20.3. The number of Topliss-reactive ketones (excluding diaryl/α,β-unsaturated/α-hetero) is 1. The van der Waals surface area contributed by atoms with Gasteiger partial charge < -0.3 is 14.6 Å². The van der Waals surface area contributed by atoms with Crippen molar-refractivity contribution in [3.8, 4) is 22.6 Å². The Morgan fingerprint density at radius 2 is 1.36 bits per heavy atom. The van der Waals surface area contributed by atoms with Crippen LogP contribution in [0.4, 0.5) is 13.2 Å². The zero-order valence-electron chi connectivity index (χ0n) is 21.9. The minimum Gasteiger partial charge on any atom is -0.486 e. The third-order valence-electron chi connectivity index (χ3n) is 6.27. The standard InChI is InChI=1S/C31H33F3O5/c1-2-3-4-5-8-29(25-12-10-24(11-13-25)28(35)7-6-9-30(36)37)38-26-18-14-22(15-19-26)23-16-20-27(21-17-23)39-31(32,33)34/h10-21,29H,2-9H2,1H3,(H,36,37). The number of aliphatic carboxylic acids is 1. The Balaban J connectivity index is 1.68. The molecule has 8 heteroatoms. The van der Waals surface area contributed by atoms with Crippen LogP contribution in [0.1, 0.15) is 80.3 Å². The van der Waals surface area contributed by atoms with E-state index in [4.69, 9.17) is 9.84 Å². The lowest BCUT2D eigenvalue weighted by molar-refractivity contribution is -0.274. The van der Waals surface area contributed by atoms with Gasteiger partial charge in [0.25, 0.3) is 0 Å². The quantitative estimate of drug-likeness (QED) is 0.153. The van der Waals surface area contributed by atoms with E-state index in [0.29, 0.717) is 17.7 Å². The first-order valence-corrected chi connectivity index (χ1v) is 13.1. The van der Waals surface area contributed by atoms with Crippen LogP contribution in [0.2, 0.25) is 0 Å². The maximum Gasteiger partial charge on any atom is 0.573 e. The van der Waals surface area contributed by atoms with Crippen molar-refractivity contribution in [3.05, 3.63) is 83.9 Å².